The van der Waals surface area contributed by atoms with E-state index in [9.17, 15) is 14.4 Å². The molecule has 0 atom stereocenters. The van der Waals surface area contributed by atoms with Crippen molar-refractivity contribution in [3.63, 3.8) is 0 Å². The number of hydrogen-bond acceptors (Lipinski definition) is 9. The van der Waals surface area contributed by atoms with E-state index < -0.39 is 11.9 Å². The Morgan fingerprint density at radius 3 is 2.45 bits per heavy atom. The summed E-state index contributed by atoms with van der Waals surface area (Å²) in [5.41, 5.74) is 1.20. The van der Waals surface area contributed by atoms with E-state index in [1.165, 1.54) is 5.56 Å². The van der Waals surface area contributed by atoms with Crippen molar-refractivity contribution < 1.29 is 29.0 Å². The lowest BCUT2D eigenvalue weighted by atomic mass is 10.2. The minimum absolute atomic E-state index is 0.196. The Morgan fingerprint density at radius 1 is 1.29 bits per heavy atom. The zero-order chi connectivity index (χ0) is 23.4. The van der Waals surface area contributed by atoms with E-state index in [2.05, 4.69) is 33.3 Å². The van der Waals surface area contributed by atoms with Crippen LogP contribution in [0.25, 0.3) is 0 Å². The lowest BCUT2D eigenvalue weighted by Gasteiger charge is -2.07. The number of rotatable bonds is 11. The molecular weight excluding hydrogens is 426 g/mol. The smallest absolute Gasteiger partial charge is 0.328 e. The Bertz CT molecular complexity index is 890. The third-order valence-electron chi connectivity index (χ3n) is 3.56. The zero-order valence-corrected chi connectivity index (χ0v) is 18.7. The minimum atomic E-state index is -1.26. The van der Waals surface area contributed by atoms with Crippen LogP contribution < -0.4 is 5.32 Å². The molecule has 2 aromatic rings. The van der Waals surface area contributed by atoms with Gasteiger partial charge < -0.3 is 24.8 Å². The number of thioether (sulfide) groups is 1. The fourth-order valence-electron chi connectivity index (χ4n) is 2.26. The van der Waals surface area contributed by atoms with E-state index in [-0.39, 0.29) is 5.82 Å². The van der Waals surface area contributed by atoms with Gasteiger partial charge in [0.2, 0.25) is 11.8 Å². The van der Waals surface area contributed by atoms with Crippen molar-refractivity contribution in [2.24, 2.45) is 7.05 Å². The van der Waals surface area contributed by atoms with Crippen LogP contribution in [-0.4, -0.2) is 74.5 Å². The van der Waals surface area contributed by atoms with Crippen LogP contribution >= 0.6 is 11.8 Å². The Labute approximate surface area is 184 Å². The van der Waals surface area contributed by atoms with Crippen LogP contribution in [0.4, 0.5) is 5.95 Å². The monoisotopic (exact) mass is 453 g/mol. The van der Waals surface area contributed by atoms with Gasteiger partial charge in [0.05, 0.1) is 12.3 Å². The topological polar surface area (TPSA) is 151 Å². The summed E-state index contributed by atoms with van der Waals surface area (Å²) in [5.74, 6) is 2.08. The Balaban J connectivity index is 0.000000512. The van der Waals surface area contributed by atoms with E-state index in [0.717, 1.165) is 36.1 Å². The molecule has 0 amide bonds. The summed E-state index contributed by atoms with van der Waals surface area (Å²) < 4.78 is 7.45. The van der Waals surface area contributed by atoms with Crippen LogP contribution in [0.5, 0.6) is 0 Å². The van der Waals surface area contributed by atoms with Crippen molar-refractivity contribution in [3.8, 4) is 0 Å². The number of anilines is 1. The second kappa shape index (κ2) is 13.2. The summed E-state index contributed by atoms with van der Waals surface area (Å²) in [7, 11) is 5.82. The van der Waals surface area contributed by atoms with Gasteiger partial charge in [0.1, 0.15) is 11.5 Å². The molecule has 0 aliphatic carbocycles. The van der Waals surface area contributed by atoms with Crippen LogP contribution in [0.15, 0.2) is 22.6 Å². The fraction of sp³-hybridized carbons (Fsp3) is 0.421. The normalized spacial score (nSPS) is 10.7. The Hall–Kier alpha value is -3.12. The maximum atomic E-state index is 10.6. The molecule has 31 heavy (non-hydrogen) atoms. The van der Waals surface area contributed by atoms with Crippen LogP contribution in [0.2, 0.25) is 0 Å². The van der Waals surface area contributed by atoms with Gasteiger partial charge in [-0.05, 0) is 32.6 Å². The number of aromatic nitrogens is 3. The summed E-state index contributed by atoms with van der Waals surface area (Å²) in [5, 5.41) is 22.8. The van der Waals surface area contributed by atoms with Crippen molar-refractivity contribution in [1.29, 1.82) is 0 Å². The van der Waals surface area contributed by atoms with Gasteiger partial charge in [0, 0.05) is 31.5 Å². The standard InChI is InChI=1S/C15H23N5O2S.C4H4O4/c1-11-7-12(22-13(11)8-19(2)3)10-23-6-5-16-15-17-14(9-21)18-20(15)4;5-3(6)1-2-4(7)8/h7,9H,5-6,8,10H2,1-4H3,(H,16,17,18);1-2H,(H,5,6)(H,7,8)/b;2-1+. The minimum Gasteiger partial charge on any atom is -0.478 e. The molecule has 0 aromatic carbocycles. The largest absolute Gasteiger partial charge is 0.478 e. The predicted molar refractivity (Wildman–Crippen MR) is 116 cm³/mol. The van der Waals surface area contributed by atoms with Crippen LogP contribution in [-0.2, 0) is 28.9 Å². The second-order valence-electron chi connectivity index (χ2n) is 6.58. The molecular formula is C19H27N5O6S. The van der Waals surface area contributed by atoms with Crippen molar-refractivity contribution in [1.82, 2.24) is 19.7 Å². The number of carboxylic acid groups (broad SMARTS) is 2. The number of hydrogen-bond donors (Lipinski definition) is 3. The molecule has 12 heteroatoms. The highest BCUT2D eigenvalue weighted by Gasteiger charge is 2.09. The number of aryl methyl sites for hydroxylation is 2. The first-order valence-corrected chi connectivity index (χ1v) is 10.3. The van der Waals surface area contributed by atoms with Gasteiger partial charge in [-0.15, -0.1) is 5.10 Å². The first-order chi connectivity index (χ1) is 14.6. The van der Waals surface area contributed by atoms with Gasteiger partial charge in [-0.3, -0.25) is 4.79 Å². The molecule has 2 heterocycles. The number of aldehydes is 1. The molecule has 0 bridgehead atoms. The Morgan fingerprint density at radius 2 is 1.94 bits per heavy atom. The molecule has 0 saturated heterocycles. The number of furan rings is 1. The first-order valence-electron chi connectivity index (χ1n) is 9.17. The highest BCUT2D eigenvalue weighted by atomic mass is 32.2. The number of aliphatic carboxylic acids is 2. The van der Waals surface area contributed by atoms with Gasteiger partial charge in [-0.25, -0.2) is 14.3 Å². The van der Waals surface area contributed by atoms with Gasteiger partial charge >= 0.3 is 11.9 Å². The molecule has 0 saturated carbocycles. The van der Waals surface area contributed by atoms with E-state index in [1.54, 1.807) is 23.5 Å². The van der Waals surface area contributed by atoms with Gasteiger partial charge in [-0.1, -0.05) is 0 Å². The molecule has 0 aliphatic rings. The van der Waals surface area contributed by atoms with Crippen LogP contribution in [0, 0.1) is 6.92 Å². The van der Waals surface area contributed by atoms with Crippen LogP contribution in [0.3, 0.4) is 0 Å². The Kier molecular flexibility index (Phi) is 11.1. The predicted octanol–water partition coefficient (Wildman–Crippen LogP) is 1.65. The summed E-state index contributed by atoms with van der Waals surface area (Å²) in [6.45, 7) is 3.65. The van der Waals surface area contributed by atoms with Crippen molar-refractivity contribution in [2.45, 2.75) is 19.2 Å². The van der Waals surface area contributed by atoms with Crippen molar-refractivity contribution in [2.75, 3.05) is 31.7 Å². The molecule has 0 aliphatic heterocycles. The third-order valence-corrected chi connectivity index (χ3v) is 4.54. The average molecular weight is 454 g/mol. The summed E-state index contributed by atoms with van der Waals surface area (Å²) in [4.78, 5) is 35.9. The van der Waals surface area contributed by atoms with Crippen molar-refractivity contribution >= 4 is 35.9 Å². The summed E-state index contributed by atoms with van der Waals surface area (Å²) >= 11 is 1.79. The number of nitrogens with one attached hydrogen (secondary N) is 1. The molecule has 0 unspecified atom stereocenters. The maximum Gasteiger partial charge on any atom is 0.328 e. The van der Waals surface area contributed by atoms with Gasteiger partial charge in [-0.2, -0.15) is 16.7 Å². The summed E-state index contributed by atoms with van der Waals surface area (Å²) in [6.07, 6.45) is 1.76. The lowest BCUT2D eigenvalue weighted by molar-refractivity contribution is -0.134. The number of carbonyl (C=O) groups is 3. The van der Waals surface area contributed by atoms with E-state index in [4.69, 9.17) is 14.6 Å². The molecule has 11 nitrogen and oxygen atoms in total. The van der Waals surface area contributed by atoms with Crippen LogP contribution in [0.1, 0.15) is 27.7 Å². The van der Waals surface area contributed by atoms with Crippen molar-refractivity contribution in [3.05, 3.63) is 41.1 Å². The highest BCUT2D eigenvalue weighted by Crippen LogP contribution is 2.20. The number of nitrogens with zero attached hydrogens (tertiary/aromatic N) is 4. The molecule has 0 spiro atoms. The zero-order valence-electron chi connectivity index (χ0n) is 17.9. The van der Waals surface area contributed by atoms with E-state index in [0.29, 0.717) is 24.4 Å². The summed E-state index contributed by atoms with van der Waals surface area (Å²) in [6, 6.07) is 2.11. The second-order valence-corrected chi connectivity index (χ2v) is 7.69. The number of carboxylic acids is 2. The molecule has 2 aromatic heterocycles. The molecule has 0 fully saturated rings. The number of carbonyl (C=O) groups excluding carboxylic acids is 1. The van der Waals surface area contributed by atoms with E-state index >= 15 is 0 Å². The molecule has 2 rings (SSSR count). The fourth-order valence-corrected chi connectivity index (χ4v) is 3.00. The van der Waals surface area contributed by atoms with Gasteiger partial charge in [0.25, 0.3) is 0 Å². The molecule has 3 N–H and O–H groups in total. The SMILES string of the molecule is Cc1cc(CSCCNc2nc(C=O)nn2C)oc1CN(C)C.O=C(O)/C=C/C(=O)O. The quantitative estimate of drug-likeness (QED) is 0.259. The van der Waals surface area contributed by atoms with Gasteiger partial charge in [0.15, 0.2) is 6.29 Å². The van der Waals surface area contributed by atoms with E-state index in [1.807, 2.05) is 14.1 Å². The molecule has 0 radical (unpaired) electrons. The highest BCUT2D eigenvalue weighted by molar-refractivity contribution is 7.98. The third kappa shape index (κ3) is 10.5. The first kappa shape index (κ1) is 25.9. The molecule has 170 valence electrons. The lowest BCUT2D eigenvalue weighted by Crippen LogP contribution is -2.10. The maximum absolute atomic E-state index is 10.6. The average Bonchev–Trinajstić information content (AvgIpc) is 3.22.